The largest absolute Gasteiger partial charge is 0.504 e. The molecule has 0 spiro atoms. The minimum atomic E-state index is -4.73. The molecule has 168 valence electrons. The van der Waals surface area contributed by atoms with Crippen molar-refractivity contribution in [2.24, 2.45) is 11.5 Å². The number of imide groups is 1. The topological polar surface area (TPSA) is 275 Å². The highest BCUT2D eigenvalue weighted by Crippen LogP contribution is 2.24. The van der Waals surface area contributed by atoms with E-state index in [1.54, 1.807) is 10.9 Å². The second kappa shape index (κ2) is 8.30. The molecule has 1 aromatic carbocycles. The van der Waals surface area contributed by atoms with Gasteiger partial charge >= 0.3 is 22.3 Å². The van der Waals surface area contributed by atoms with E-state index in [1.807, 2.05) is 5.43 Å². The van der Waals surface area contributed by atoms with E-state index in [0.717, 1.165) is 18.2 Å². The number of primary amides is 1. The summed E-state index contributed by atoms with van der Waals surface area (Å²) in [6.45, 7) is -0.657. The third kappa shape index (κ3) is 5.07. The molecule has 0 unspecified atom stereocenters. The van der Waals surface area contributed by atoms with Crippen molar-refractivity contribution in [3.63, 3.8) is 0 Å². The first-order chi connectivity index (χ1) is 14.3. The second-order valence-electron chi connectivity index (χ2n) is 5.98. The number of rotatable bonds is 5. The average molecular weight is 460 g/mol. The van der Waals surface area contributed by atoms with Gasteiger partial charge in [0.05, 0.1) is 6.54 Å². The van der Waals surface area contributed by atoms with Crippen LogP contribution in [-0.4, -0.2) is 65.4 Å². The summed E-state index contributed by atoms with van der Waals surface area (Å²) in [6, 6.07) is 0.259. The fraction of sp³-hybridized carbons (Fsp3) is 0.154. The molecule has 1 saturated heterocycles. The van der Waals surface area contributed by atoms with Crippen LogP contribution < -0.4 is 37.3 Å². The smallest absolute Gasteiger partial charge is 0.348 e. The van der Waals surface area contributed by atoms with Crippen molar-refractivity contribution in [3.8, 4) is 11.5 Å². The van der Waals surface area contributed by atoms with Gasteiger partial charge < -0.3 is 21.7 Å². The Labute approximate surface area is 172 Å². The molecule has 0 aliphatic carbocycles. The second-order valence-corrected chi connectivity index (χ2v) is 7.39. The van der Waals surface area contributed by atoms with Gasteiger partial charge in [0.2, 0.25) is 5.91 Å². The number of amides is 7. The van der Waals surface area contributed by atoms with Crippen molar-refractivity contribution in [2.45, 2.75) is 5.54 Å². The zero-order chi connectivity index (χ0) is 23.6. The number of carbonyl (C=O) groups excluding carboxylic acids is 5. The van der Waals surface area contributed by atoms with Crippen molar-refractivity contribution in [3.05, 3.63) is 23.8 Å². The van der Waals surface area contributed by atoms with Crippen LogP contribution in [0.25, 0.3) is 0 Å². The maximum Gasteiger partial charge on any atom is 0.348 e. The maximum atomic E-state index is 11.8. The maximum absolute atomic E-state index is 11.8. The van der Waals surface area contributed by atoms with Crippen LogP contribution in [0.4, 0.5) is 9.59 Å². The number of phenolic OH excluding ortho intramolecular Hbond substituents is 2. The first-order valence-corrected chi connectivity index (χ1v) is 9.37. The van der Waals surface area contributed by atoms with Gasteiger partial charge in [0.15, 0.2) is 17.0 Å². The highest BCUT2D eigenvalue weighted by Gasteiger charge is 2.57. The molecule has 0 radical (unpaired) electrons. The zero-order valence-electron chi connectivity index (χ0n) is 15.2. The molecule has 0 saturated carbocycles. The van der Waals surface area contributed by atoms with E-state index in [-0.39, 0.29) is 5.56 Å². The summed E-state index contributed by atoms with van der Waals surface area (Å²) in [6.07, 6.45) is 0. The highest BCUT2D eigenvalue weighted by molar-refractivity contribution is 7.88. The molecular formula is C13H16N8O9S. The number of urea groups is 2. The number of hydrazine groups is 2. The monoisotopic (exact) mass is 460 g/mol. The molecule has 1 atom stereocenters. The standard InChI is InChI=1S/C13H16N8O9S/c14-9(25)13(15)4-21(10(13)26)12(28)19-31(29,30)20-18-11(27)17-16-8(24)5-1-2-6(22)7(23)3-5/h1-3,20,22-23H,4,15H2,(H2,14,25)(H,16,24)(H,19,28)(H2,17,18,27)/t13-/m0/s1. The molecule has 0 aromatic heterocycles. The molecule has 1 heterocycles. The summed E-state index contributed by atoms with van der Waals surface area (Å²) in [5.74, 6) is -4.43. The summed E-state index contributed by atoms with van der Waals surface area (Å²) in [4.78, 5) is 59.6. The lowest BCUT2D eigenvalue weighted by Gasteiger charge is -2.41. The van der Waals surface area contributed by atoms with Crippen molar-refractivity contribution < 1.29 is 42.6 Å². The van der Waals surface area contributed by atoms with Crippen LogP contribution in [0.3, 0.4) is 0 Å². The lowest BCUT2D eigenvalue weighted by atomic mass is 9.89. The Morgan fingerprint density at radius 3 is 2.26 bits per heavy atom. The lowest BCUT2D eigenvalue weighted by molar-refractivity contribution is -0.151. The number of phenols is 2. The summed E-state index contributed by atoms with van der Waals surface area (Å²) in [7, 11) is -4.73. The van der Waals surface area contributed by atoms with E-state index in [9.17, 15) is 37.5 Å². The van der Waals surface area contributed by atoms with Crippen LogP contribution in [0, 0.1) is 0 Å². The van der Waals surface area contributed by atoms with E-state index >= 15 is 0 Å². The molecule has 0 bridgehead atoms. The minimum Gasteiger partial charge on any atom is -0.504 e. The summed E-state index contributed by atoms with van der Waals surface area (Å²) in [5.41, 5.74) is 13.2. The molecule has 1 aliphatic rings. The number of benzene rings is 1. The summed E-state index contributed by atoms with van der Waals surface area (Å²) in [5, 5.41) is 18.5. The molecule has 7 amide bonds. The molecule has 1 aromatic rings. The van der Waals surface area contributed by atoms with Crippen LogP contribution in [0.2, 0.25) is 0 Å². The third-order valence-corrected chi connectivity index (χ3v) is 4.58. The molecule has 1 fully saturated rings. The van der Waals surface area contributed by atoms with Gasteiger partial charge in [-0.25, -0.2) is 19.7 Å². The molecular weight excluding hydrogens is 444 g/mol. The van der Waals surface area contributed by atoms with Gasteiger partial charge in [0, 0.05) is 5.56 Å². The Morgan fingerprint density at radius 1 is 1.06 bits per heavy atom. The SMILES string of the molecule is NC(=O)[C@@]1(N)CN(C(=O)NS(=O)(=O)NNC(=O)NNC(=O)c2ccc(O)c(O)c2)C1=O. The minimum absolute atomic E-state index is 0.158. The van der Waals surface area contributed by atoms with E-state index < -0.39 is 63.6 Å². The summed E-state index contributed by atoms with van der Waals surface area (Å²) < 4.78 is 24.8. The Balaban J connectivity index is 1.81. The normalized spacial score (nSPS) is 17.8. The van der Waals surface area contributed by atoms with E-state index in [1.165, 1.54) is 9.55 Å². The van der Waals surface area contributed by atoms with Crippen molar-refractivity contribution >= 4 is 40.0 Å². The molecule has 1 aliphatic heterocycles. The fourth-order valence-corrected chi connectivity index (χ4v) is 2.69. The van der Waals surface area contributed by atoms with Crippen LogP contribution in [0.15, 0.2) is 18.2 Å². The van der Waals surface area contributed by atoms with Crippen molar-refractivity contribution in [2.75, 3.05) is 6.54 Å². The number of nitrogens with two attached hydrogens (primary N) is 2. The van der Waals surface area contributed by atoms with E-state index in [2.05, 4.69) is 0 Å². The van der Waals surface area contributed by atoms with Gasteiger partial charge in [0.1, 0.15) is 0 Å². The molecule has 17 nitrogen and oxygen atoms in total. The Bertz CT molecular complexity index is 1070. The van der Waals surface area contributed by atoms with Gasteiger partial charge in [-0.15, -0.1) is 4.83 Å². The van der Waals surface area contributed by atoms with Crippen LogP contribution >= 0.6 is 0 Å². The van der Waals surface area contributed by atoms with Gasteiger partial charge in [0.25, 0.3) is 11.8 Å². The number of likely N-dealkylation sites (tertiary alicyclic amines) is 1. The number of β-lactam (4-membered cyclic amide) rings is 1. The number of nitrogens with zero attached hydrogens (tertiary/aromatic N) is 1. The summed E-state index contributed by atoms with van der Waals surface area (Å²) >= 11 is 0. The number of nitrogens with one attached hydrogen (secondary N) is 5. The van der Waals surface area contributed by atoms with Crippen molar-refractivity contribution in [1.82, 2.24) is 30.7 Å². The predicted molar refractivity (Wildman–Crippen MR) is 97.3 cm³/mol. The number of aromatic hydroxyl groups is 2. The van der Waals surface area contributed by atoms with Crippen LogP contribution in [-0.2, 0) is 19.8 Å². The van der Waals surface area contributed by atoms with Crippen LogP contribution in [0.1, 0.15) is 10.4 Å². The van der Waals surface area contributed by atoms with E-state index in [4.69, 9.17) is 16.6 Å². The first kappa shape index (κ1) is 23.1. The van der Waals surface area contributed by atoms with E-state index in [0.29, 0.717) is 4.90 Å². The van der Waals surface area contributed by atoms with Gasteiger partial charge in [-0.1, -0.05) is 0 Å². The number of hydrogen-bond acceptors (Lipinski definition) is 10. The molecule has 11 N–H and O–H groups in total. The van der Waals surface area contributed by atoms with Crippen LogP contribution in [0.5, 0.6) is 11.5 Å². The fourth-order valence-electron chi connectivity index (χ4n) is 2.08. The third-order valence-electron chi connectivity index (χ3n) is 3.77. The average Bonchev–Trinajstić information content (AvgIpc) is 2.69. The Kier molecular flexibility index (Phi) is 6.19. The zero-order valence-corrected chi connectivity index (χ0v) is 16.0. The Morgan fingerprint density at radius 2 is 1.71 bits per heavy atom. The molecule has 2 rings (SSSR count). The molecule has 18 heteroatoms. The molecule has 31 heavy (non-hydrogen) atoms. The van der Waals surface area contributed by atoms with Crippen molar-refractivity contribution in [1.29, 1.82) is 0 Å². The lowest BCUT2D eigenvalue weighted by Crippen LogP contribution is -2.79. The highest BCUT2D eigenvalue weighted by atomic mass is 32.2. The first-order valence-electron chi connectivity index (χ1n) is 7.89. The van der Waals surface area contributed by atoms with Gasteiger partial charge in [-0.3, -0.25) is 30.1 Å². The quantitative estimate of drug-likeness (QED) is 0.0879. The van der Waals surface area contributed by atoms with Gasteiger partial charge in [-0.2, -0.15) is 8.42 Å². The number of hydrogen-bond donors (Lipinski definition) is 9. The van der Waals surface area contributed by atoms with Gasteiger partial charge in [-0.05, 0) is 18.2 Å². The number of carbonyl (C=O) groups is 5. The predicted octanol–water partition coefficient (Wildman–Crippen LogP) is -4.47. The Hall–Kier alpha value is -4.16.